The Kier molecular flexibility index (Phi) is 4.94. The van der Waals surface area contributed by atoms with Gasteiger partial charge >= 0.3 is 5.97 Å². The van der Waals surface area contributed by atoms with Crippen molar-refractivity contribution in [2.24, 2.45) is 0 Å². The first-order valence-corrected chi connectivity index (χ1v) is 6.89. The van der Waals surface area contributed by atoms with E-state index in [2.05, 4.69) is 9.46 Å². The number of methoxy groups -OCH3 is 2. The van der Waals surface area contributed by atoms with E-state index in [4.69, 9.17) is 4.74 Å². The Bertz CT molecular complexity index is 494. The van der Waals surface area contributed by atoms with E-state index >= 15 is 0 Å². The minimum absolute atomic E-state index is 0.331. The molecule has 1 unspecified atom stereocenters. The number of benzene rings is 1. The van der Waals surface area contributed by atoms with Crippen molar-refractivity contribution in [2.75, 3.05) is 18.9 Å². The second-order valence-electron chi connectivity index (χ2n) is 4.89. The van der Waals surface area contributed by atoms with Gasteiger partial charge in [-0.15, -0.1) is 0 Å². The first-order chi connectivity index (χ1) is 8.79. The molecule has 0 bridgehead atoms. The van der Waals surface area contributed by atoms with Crippen molar-refractivity contribution in [3.8, 4) is 5.75 Å². The molecule has 1 N–H and O–H groups in total. The van der Waals surface area contributed by atoms with Crippen molar-refractivity contribution in [1.82, 2.24) is 0 Å². The molecule has 6 heteroatoms. The normalized spacial score (nSPS) is 12.7. The molecule has 5 nitrogen and oxygen atoms in total. The standard InChI is InChI=1S/C13H19NO4S/c1-13(2,3)19(16)14-9-6-7-10(12(15)18-5)11(8-9)17-4/h6-8,14H,1-5H3. The molecule has 0 saturated carbocycles. The van der Waals surface area contributed by atoms with Crippen LogP contribution in [0.3, 0.4) is 0 Å². The number of ether oxygens (including phenoxy) is 2. The molecule has 0 aliphatic heterocycles. The highest BCUT2D eigenvalue weighted by Gasteiger charge is 2.20. The SMILES string of the molecule is COC(=O)c1ccc(NS(=O)C(C)(C)C)cc1OC. The van der Waals surface area contributed by atoms with Crippen LogP contribution in [0.1, 0.15) is 31.1 Å². The monoisotopic (exact) mass is 285 g/mol. The van der Waals surface area contributed by atoms with E-state index < -0.39 is 17.0 Å². The fraction of sp³-hybridized carbons (Fsp3) is 0.462. The van der Waals surface area contributed by atoms with Gasteiger partial charge in [0.05, 0.1) is 19.0 Å². The summed E-state index contributed by atoms with van der Waals surface area (Å²) in [7, 11) is 1.53. The maximum atomic E-state index is 12.0. The Morgan fingerprint density at radius 3 is 2.37 bits per heavy atom. The Balaban J connectivity index is 3.01. The molecule has 0 radical (unpaired) electrons. The number of hydrogen-bond acceptors (Lipinski definition) is 4. The maximum absolute atomic E-state index is 12.0. The lowest BCUT2D eigenvalue weighted by Gasteiger charge is -2.19. The molecule has 1 aromatic carbocycles. The average Bonchev–Trinajstić information content (AvgIpc) is 2.36. The lowest BCUT2D eigenvalue weighted by Crippen LogP contribution is -2.27. The van der Waals surface area contributed by atoms with Gasteiger partial charge in [0.1, 0.15) is 22.3 Å². The van der Waals surface area contributed by atoms with Gasteiger partial charge in [-0.05, 0) is 32.9 Å². The molecule has 19 heavy (non-hydrogen) atoms. The van der Waals surface area contributed by atoms with E-state index in [0.29, 0.717) is 17.0 Å². The van der Waals surface area contributed by atoms with Gasteiger partial charge in [-0.25, -0.2) is 9.00 Å². The number of hydrogen-bond donors (Lipinski definition) is 1. The quantitative estimate of drug-likeness (QED) is 0.862. The molecule has 0 aliphatic rings. The summed E-state index contributed by atoms with van der Waals surface area (Å²) in [4.78, 5) is 11.5. The molecule has 106 valence electrons. The van der Waals surface area contributed by atoms with Crippen molar-refractivity contribution in [3.63, 3.8) is 0 Å². The highest BCUT2D eigenvalue weighted by molar-refractivity contribution is 7.87. The third kappa shape index (κ3) is 3.96. The van der Waals surface area contributed by atoms with Gasteiger partial charge < -0.3 is 14.2 Å². The summed E-state index contributed by atoms with van der Waals surface area (Å²) in [6.45, 7) is 5.61. The fourth-order valence-electron chi connectivity index (χ4n) is 1.29. The summed E-state index contributed by atoms with van der Waals surface area (Å²) >= 11 is 0. The van der Waals surface area contributed by atoms with Crippen LogP contribution in [0.4, 0.5) is 5.69 Å². The Morgan fingerprint density at radius 2 is 1.89 bits per heavy atom. The first-order valence-electron chi connectivity index (χ1n) is 5.74. The van der Waals surface area contributed by atoms with Gasteiger partial charge in [0.25, 0.3) is 0 Å². The molecule has 1 aromatic rings. The van der Waals surface area contributed by atoms with Crippen LogP contribution in [0.15, 0.2) is 18.2 Å². The predicted molar refractivity (Wildman–Crippen MR) is 75.9 cm³/mol. The fourth-order valence-corrected chi connectivity index (χ4v) is 1.94. The van der Waals surface area contributed by atoms with E-state index in [-0.39, 0.29) is 4.75 Å². The van der Waals surface area contributed by atoms with Crippen LogP contribution in [0.2, 0.25) is 0 Å². The highest BCUT2D eigenvalue weighted by atomic mass is 32.2. The van der Waals surface area contributed by atoms with Gasteiger partial charge in [-0.1, -0.05) is 0 Å². The lowest BCUT2D eigenvalue weighted by molar-refractivity contribution is 0.0597. The maximum Gasteiger partial charge on any atom is 0.341 e. The number of nitrogens with one attached hydrogen (secondary N) is 1. The number of carbonyl (C=O) groups excluding carboxylic acids is 1. The van der Waals surface area contributed by atoms with Crippen LogP contribution in [0.5, 0.6) is 5.75 Å². The van der Waals surface area contributed by atoms with E-state index in [0.717, 1.165) is 0 Å². The van der Waals surface area contributed by atoms with Crippen LogP contribution in [0, 0.1) is 0 Å². The smallest absolute Gasteiger partial charge is 0.341 e. The topological polar surface area (TPSA) is 64.6 Å². The molecule has 0 saturated heterocycles. The summed E-state index contributed by atoms with van der Waals surface area (Å²) < 4.78 is 24.3. The summed E-state index contributed by atoms with van der Waals surface area (Å²) in [5.41, 5.74) is 0.954. The van der Waals surface area contributed by atoms with Gasteiger partial charge in [0.2, 0.25) is 0 Å². The molecular formula is C13H19NO4S. The minimum atomic E-state index is -1.24. The molecule has 0 amide bonds. The Labute approximate surface area is 115 Å². The zero-order chi connectivity index (χ0) is 14.6. The van der Waals surface area contributed by atoms with Crippen molar-refractivity contribution in [2.45, 2.75) is 25.5 Å². The van der Waals surface area contributed by atoms with Crippen LogP contribution in [0.25, 0.3) is 0 Å². The third-order valence-corrected chi connectivity index (χ3v) is 3.91. The second-order valence-corrected chi connectivity index (χ2v) is 6.86. The zero-order valence-electron chi connectivity index (χ0n) is 11.8. The molecule has 0 fully saturated rings. The number of anilines is 1. The van der Waals surface area contributed by atoms with Crippen LogP contribution < -0.4 is 9.46 Å². The van der Waals surface area contributed by atoms with Gasteiger partial charge in [0, 0.05) is 11.8 Å². The van der Waals surface area contributed by atoms with E-state index in [1.165, 1.54) is 14.2 Å². The number of rotatable bonds is 4. The average molecular weight is 285 g/mol. The molecule has 0 spiro atoms. The molecule has 1 rings (SSSR count). The van der Waals surface area contributed by atoms with E-state index in [9.17, 15) is 9.00 Å². The van der Waals surface area contributed by atoms with Crippen molar-refractivity contribution < 1.29 is 18.5 Å². The van der Waals surface area contributed by atoms with Crippen molar-refractivity contribution in [1.29, 1.82) is 0 Å². The van der Waals surface area contributed by atoms with Gasteiger partial charge in [-0.2, -0.15) is 0 Å². The molecule has 0 heterocycles. The molecule has 1 atom stereocenters. The van der Waals surface area contributed by atoms with Crippen LogP contribution in [-0.4, -0.2) is 29.1 Å². The predicted octanol–water partition coefficient (Wildman–Crippen LogP) is 2.36. The number of esters is 1. The first kappa shape index (κ1) is 15.5. The molecule has 0 aliphatic carbocycles. The minimum Gasteiger partial charge on any atom is -0.496 e. The highest BCUT2D eigenvalue weighted by Crippen LogP contribution is 2.25. The van der Waals surface area contributed by atoms with Gasteiger partial charge in [-0.3, -0.25) is 0 Å². The van der Waals surface area contributed by atoms with Gasteiger partial charge in [0.15, 0.2) is 0 Å². The molecule has 0 aromatic heterocycles. The number of carbonyl (C=O) groups is 1. The summed E-state index contributed by atoms with van der Waals surface area (Å²) in [5.74, 6) is -0.0943. The summed E-state index contributed by atoms with van der Waals surface area (Å²) in [5, 5.41) is 0. The molecular weight excluding hydrogens is 266 g/mol. The van der Waals surface area contributed by atoms with Crippen LogP contribution >= 0.6 is 0 Å². The van der Waals surface area contributed by atoms with Crippen LogP contribution in [-0.2, 0) is 15.7 Å². The van der Waals surface area contributed by atoms with E-state index in [1.54, 1.807) is 18.2 Å². The third-order valence-electron chi connectivity index (χ3n) is 2.37. The van der Waals surface area contributed by atoms with Crippen molar-refractivity contribution in [3.05, 3.63) is 23.8 Å². The Hall–Kier alpha value is -1.56. The largest absolute Gasteiger partial charge is 0.496 e. The zero-order valence-corrected chi connectivity index (χ0v) is 12.6. The Morgan fingerprint density at radius 1 is 1.26 bits per heavy atom. The van der Waals surface area contributed by atoms with Crippen molar-refractivity contribution >= 4 is 22.6 Å². The second kappa shape index (κ2) is 6.06. The summed E-state index contributed by atoms with van der Waals surface area (Å²) in [6, 6.07) is 4.86. The lowest BCUT2D eigenvalue weighted by atomic mass is 10.2. The summed E-state index contributed by atoms with van der Waals surface area (Å²) in [6.07, 6.45) is 0. The van der Waals surface area contributed by atoms with E-state index in [1.807, 2.05) is 20.8 Å².